The van der Waals surface area contributed by atoms with Gasteiger partial charge < -0.3 is 4.74 Å². The summed E-state index contributed by atoms with van der Waals surface area (Å²) in [4.78, 5) is 0. The van der Waals surface area contributed by atoms with E-state index in [0.29, 0.717) is 11.6 Å². The summed E-state index contributed by atoms with van der Waals surface area (Å²) in [6.45, 7) is 4.68. The predicted octanol–water partition coefficient (Wildman–Crippen LogP) is 4.54. The van der Waals surface area contributed by atoms with Crippen molar-refractivity contribution in [3.63, 3.8) is 0 Å². The van der Waals surface area contributed by atoms with E-state index >= 15 is 0 Å². The number of benzene rings is 2. The second kappa shape index (κ2) is 5.24. The summed E-state index contributed by atoms with van der Waals surface area (Å²) in [6.07, 6.45) is 0. The fourth-order valence-electron chi connectivity index (χ4n) is 1.66. The maximum absolute atomic E-state index is 5.95. The average Bonchev–Trinajstić information content (AvgIpc) is 2.32. The van der Waals surface area contributed by atoms with Crippen molar-refractivity contribution in [3.8, 4) is 5.75 Å². The smallest absolute Gasteiger partial charge is 0.124 e. The Morgan fingerprint density at radius 2 is 1.76 bits per heavy atom. The first kappa shape index (κ1) is 12.0. The van der Waals surface area contributed by atoms with Crippen LogP contribution in [0.4, 0.5) is 0 Å². The van der Waals surface area contributed by atoms with Gasteiger partial charge in [0.1, 0.15) is 12.4 Å². The van der Waals surface area contributed by atoms with E-state index in [4.69, 9.17) is 16.3 Å². The molecule has 0 aliphatic heterocycles. The fourth-order valence-corrected chi connectivity index (χ4v) is 1.82. The van der Waals surface area contributed by atoms with E-state index in [-0.39, 0.29) is 0 Å². The maximum Gasteiger partial charge on any atom is 0.124 e. The molecule has 2 heteroatoms. The van der Waals surface area contributed by atoms with Gasteiger partial charge >= 0.3 is 0 Å². The van der Waals surface area contributed by atoms with Crippen molar-refractivity contribution in [2.75, 3.05) is 0 Å². The molecule has 0 saturated heterocycles. The zero-order valence-electron chi connectivity index (χ0n) is 10.0. The zero-order chi connectivity index (χ0) is 12.3. The molecule has 0 saturated carbocycles. The SMILES string of the molecule is Cc1ccccc1COc1cc(Cl)ccc1C. The summed E-state index contributed by atoms with van der Waals surface area (Å²) in [5.41, 5.74) is 3.54. The van der Waals surface area contributed by atoms with Crippen LogP contribution in [0, 0.1) is 13.8 Å². The van der Waals surface area contributed by atoms with Crippen LogP contribution in [0.15, 0.2) is 42.5 Å². The molecule has 0 unspecified atom stereocenters. The number of ether oxygens (including phenoxy) is 1. The van der Waals surface area contributed by atoms with Gasteiger partial charge in [0.15, 0.2) is 0 Å². The van der Waals surface area contributed by atoms with E-state index in [1.54, 1.807) is 0 Å². The zero-order valence-corrected chi connectivity index (χ0v) is 10.8. The number of halogens is 1. The third-order valence-corrected chi connectivity index (χ3v) is 3.03. The molecule has 0 spiro atoms. The standard InChI is InChI=1S/C15H15ClO/c1-11-5-3-4-6-13(11)10-17-15-9-14(16)8-7-12(15)2/h3-9H,10H2,1-2H3. The third-order valence-electron chi connectivity index (χ3n) is 2.79. The van der Waals surface area contributed by atoms with Crippen LogP contribution < -0.4 is 4.74 Å². The molecular weight excluding hydrogens is 232 g/mol. The number of hydrogen-bond donors (Lipinski definition) is 0. The Morgan fingerprint density at radius 3 is 2.53 bits per heavy atom. The lowest BCUT2D eigenvalue weighted by atomic mass is 10.1. The minimum absolute atomic E-state index is 0.577. The van der Waals surface area contributed by atoms with Crippen LogP contribution in [0.2, 0.25) is 5.02 Å². The largest absolute Gasteiger partial charge is 0.489 e. The van der Waals surface area contributed by atoms with Crippen LogP contribution in [-0.2, 0) is 6.61 Å². The molecule has 2 aromatic rings. The topological polar surface area (TPSA) is 9.23 Å². The molecule has 2 aromatic carbocycles. The quantitative estimate of drug-likeness (QED) is 0.773. The second-order valence-electron chi connectivity index (χ2n) is 4.12. The molecule has 0 amide bonds. The lowest BCUT2D eigenvalue weighted by Crippen LogP contribution is -1.98. The van der Waals surface area contributed by atoms with Crippen molar-refractivity contribution >= 4 is 11.6 Å². The van der Waals surface area contributed by atoms with Gasteiger partial charge in [0.05, 0.1) is 0 Å². The molecule has 17 heavy (non-hydrogen) atoms. The first-order valence-electron chi connectivity index (χ1n) is 5.60. The average molecular weight is 247 g/mol. The molecular formula is C15H15ClO. The van der Waals surface area contributed by atoms with Crippen molar-refractivity contribution in [2.45, 2.75) is 20.5 Å². The summed E-state index contributed by atoms with van der Waals surface area (Å²) in [6, 6.07) is 13.9. The van der Waals surface area contributed by atoms with Crippen LogP contribution in [0.3, 0.4) is 0 Å². The van der Waals surface area contributed by atoms with Gasteiger partial charge in [-0.05, 0) is 42.7 Å². The Bertz CT molecular complexity index is 520. The molecule has 0 fully saturated rings. The molecule has 0 radical (unpaired) electrons. The van der Waals surface area contributed by atoms with Gasteiger partial charge in [-0.3, -0.25) is 0 Å². The molecule has 0 aliphatic carbocycles. The van der Waals surface area contributed by atoms with Gasteiger partial charge in [-0.15, -0.1) is 0 Å². The van der Waals surface area contributed by atoms with Crippen molar-refractivity contribution in [1.82, 2.24) is 0 Å². The Kier molecular flexibility index (Phi) is 3.70. The van der Waals surface area contributed by atoms with Gasteiger partial charge in [-0.2, -0.15) is 0 Å². The van der Waals surface area contributed by atoms with Crippen molar-refractivity contribution in [3.05, 3.63) is 64.2 Å². The monoisotopic (exact) mass is 246 g/mol. The van der Waals surface area contributed by atoms with Gasteiger partial charge in [0.25, 0.3) is 0 Å². The van der Waals surface area contributed by atoms with E-state index in [0.717, 1.165) is 11.3 Å². The third kappa shape index (κ3) is 3.01. The molecule has 0 aliphatic rings. The van der Waals surface area contributed by atoms with Gasteiger partial charge in [-0.25, -0.2) is 0 Å². The van der Waals surface area contributed by atoms with Gasteiger partial charge in [0.2, 0.25) is 0 Å². The highest BCUT2D eigenvalue weighted by Gasteiger charge is 2.02. The molecule has 0 bridgehead atoms. The Balaban J connectivity index is 2.12. The van der Waals surface area contributed by atoms with Gasteiger partial charge in [0, 0.05) is 5.02 Å². The molecule has 0 aromatic heterocycles. The number of hydrogen-bond acceptors (Lipinski definition) is 1. The van der Waals surface area contributed by atoms with Gasteiger partial charge in [-0.1, -0.05) is 41.9 Å². The molecule has 2 rings (SSSR count). The molecule has 88 valence electrons. The fraction of sp³-hybridized carbons (Fsp3) is 0.200. The summed E-state index contributed by atoms with van der Waals surface area (Å²) < 4.78 is 5.80. The van der Waals surface area contributed by atoms with E-state index in [9.17, 15) is 0 Å². The van der Waals surface area contributed by atoms with E-state index in [1.165, 1.54) is 11.1 Å². The Labute approximate surface area is 107 Å². The summed E-state index contributed by atoms with van der Waals surface area (Å²) in [5, 5.41) is 0.704. The first-order chi connectivity index (χ1) is 8.16. The Morgan fingerprint density at radius 1 is 1.00 bits per heavy atom. The summed E-state index contributed by atoms with van der Waals surface area (Å²) >= 11 is 5.95. The van der Waals surface area contributed by atoms with Crippen LogP contribution >= 0.6 is 11.6 Å². The molecule has 0 N–H and O–H groups in total. The maximum atomic E-state index is 5.95. The van der Waals surface area contributed by atoms with Crippen LogP contribution in [0.25, 0.3) is 0 Å². The highest BCUT2D eigenvalue weighted by molar-refractivity contribution is 6.30. The van der Waals surface area contributed by atoms with Crippen molar-refractivity contribution < 1.29 is 4.74 Å². The van der Waals surface area contributed by atoms with Crippen molar-refractivity contribution in [2.24, 2.45) is 0 Å². The lowest BCUT2D eigenvalue weighted by molar-refractivity contribution is 0.303. The van der Waals surface area contributed by atoms with Crippen LogP contribution in [-0.4, -0.2) is 0 Å². The lowest BCUT2D eigenvalue weighted by Gasteiger charge is -2.11. The van der Waals surface area contributed by atoms with Crippen molar-refractivity contribution in [1.29, 1.82) is 0 Å². The number of rotatable bonds is 3. The molecule has 1 nitrogen and oxygen atoms in total. The van der Waals surface area contributed by atoms with E-state index in [1.807, 2.05) is 37.3 Å². The van der Waals surface area contributed by atoms with E-state index in [2.05, 4.69) is 19.1 Å². The molecule has 0 heterocycles. The number of aryl methyl sites for hydroxylation is 2. The van der Waals surface area contributed by atoms with Crippen LogP contribution in [0.5, 0.6) is 5.75 Å². The minimum Gasteiger partial charge on any atom is -0.489 e. The predicted molar refractivity (Wildman–Crippen MR) is 71.7 cm³/mol. The van der Waals surface area contributed by atoms with E-state index < -0.39 is 0 Å². The highest BCUT2D eigenvalue weighted by atomic mass is 35.5. The first-order valence-corrected chi connectivity index (χ1v) is 5.98. The van der Waals surface area contributed by atoms with Crippen LogP contribution in [0.1, 0.15) is 16.7 Å². The Hall–Kier alpha value is -1.47. The minimum atomic E-state index is 0.577. The molecule has 0 atom stereocenters. The highest BCUT2D eigenvalue weighted by Crippen LogP contribution is 2.23. The normalized spacial score (nSPS) is 10.3. The summed E-state index contributed by atoms with van der Waals surface area (Å²) in [5.74, 6) is 0.848. The summed E-state index contributed by atoms with van der Waals surface area (Å²) in [7, 11) is 0. The second-order valence-corrected chi connectivity index (χ2v) is 4.56.